The number of nitrogen functional groups attached to an aromatic ring is 1. The molecule has 0 amide bonds. The molecular formula is C12H14N4O2S. The highest BCUT2D eigenvalue weighted by molar-refractivity contribution is 7.91. The van der Waals surface area contributed by atoms with E-state index < -0.39 is 9.84 Å². The quantitative estimate of drug-likeness (QED) is 0.880. The molecule has 1 fully saturated rings. The number of nitrogens with zero attached hydrogens (tertiary/aromatic N) is 3. The molecule has 6 nitrogen and oxygen atoms in total. The average Bonchev–Trinajstić information content (AvgIpc) is 2.96. The maximum Gasteiger partial charge on any atom is 0.152 e. The van der Waals surface area contributed by atoms with Crippen LogP contribution in [0.1, 0.15) is 12.5 Å². The standard InChI is InChI=1S/C12H14N4O2S/c13-11-1-3-14-5-10(11)12-6-15-8-16(12)9-2-4-19(17,18)7-9/h1,3,5-6,8-9H,2,4,7H2,(H2,13,14). The fourth-order valence-corrected chi connectivity index (χ4v) is 4.13. The predicted octanol–water partition coefficient (Wildman–Crippen LogP) is 0.887. The molecular weight excluding hydrogens is 264 g/mol. The molecule has 19 heavy (non-hydrogen) atoms. The van der Waals surface area contributed by atoms with E-state index in [0.29, 0.717) is 12.1 Å². The van der Waals surface area contributed by atoms with Gasteiger partial charge < -0.3 is 10.3 Å². The number of imidazole rings is 1. The Morgan fingerprint density at radius 2 is 2.16 bits per heavy atom. The van der Waals surface area contributed by atoms with Crippen molar-refractivity contribution in [3.63, 3.8) is 0 Å². The molecule has 1 atom stereocenters. The smallest absolute Gasteiger partial charge is 0.152 e. The van der Waals surface area contributed by atoms with Crippen LogP contribution in [0.25, 0.3) is 11.3 Å². The zero-order valence-corrected chi connectivity index (χ0v) is 11.0. The highest BCUT2D eigenvalue weighted by atomic mass is 32.2. The lowest BCUT2D eigenvalue weighted by atomic mass is 10.1. The van der Waals surface area contributed by atoms with E-state index >= 15 is 0 Å². The van der Waals surface area contributed by atoms with Crippen molar-refractivity contribution in [2.75, 3.05) is 17.2 Å². The van der Waals surface area contributed by atoms with Crippen molar-refractivity contribution in [2.45, 2.75) is 12.5 Å². The molecule has 3 rings (SSSR count). The van der Waals surface area contributed by atoms with E-state index in [1.54, 1.807) is 31.0 Å². The average molecular weight is 278 g/mol. The van der Waals surface area contributed by atoms with Crippen LogP contribution in [0.3, 0.4) is 0 Å². The van der Waals surface area contributed by atoms with Crippen LogP contribution in [-0.2, 0) is 9.84 Å². The van der Waals surface area contributed by atoms with Gasteiger partial charge in [-0.15, -0.1) is 0 Å². The zero-order valence-electron chi connectivity index (χ0n) is 10.2. The van der Waals surface area contributed by atoms with Gasteiger partial charge in [-0.2, -0.15) is 0 Å². The topological polar surface area (TPSA) is 90.9 Å². The first-order valence-electron chi connectivity index (χ1n) is 5.99. The van der Waals surface area contributed by atoms with Crippen LogP contribution in [0.5, 0.6) is 0 Å². The van der Waals surface area contributed by atoms with Crippen molar-refractivity contribution in [2.24, 2.45) is 0 Å². The monoisotopic (exact) mass is 278 g/mol. The minimum atomic E-state index is -2.93. The van der Waals surface area contributed by atoms with Crippen LogP contribution < -0.4 is 5.73 Å². The largest absolute Gasteiger partial charge is 0.398 e. The number of nitrogens with two attached hydrogens (primary N) is 1. The van der Waals surface area contributed by atoms with E-state index in [-0.39, 0.29) is 17.5 Å². The summed E-state index contributed by atoms with van der Waals surface area (Å²) in [6.07, 6.45) is 7.27. The van der Waals surface area contributed by atoms with Gasteiger partial charge in [-0.25, -0.2) is 13.4 Å². The molecule has 1 unspecified atom stereocenters. The number of anilines is 1. The minimum Gasteiger partial charge on any atom is -0.398 e. The Bertz CT molecular complexity index is 708. The van der Waals surface area contributed by atoms with Gasteiger partial charge in [0, 0.05) is 23.6 Å². The molecule has 100 valence electrons. The van der Waals surface area contributed by atoms with Gasteiger partial charge in [-0.3, -0.25) is 4.98 Å². The van der Waals surface area contributed by atoms with Gasteiger partial charge in [0.05, 0.1) is 35.8 Å². The molecule has 0 radical (unpaired) electrons. The zero-order chi connectivity index (χ0) is 13.5. The van der Waals surface area contributed by atoms with Crippen molar-refractivity contribution < 1.29 is 8.42 Å². The Balaban J connectivity index is 2.03. The van der Waals surface area contributed by atoms with Gasteiger partial charge in [0.15, 0.2) is 9.84 Å². The third kappa shape index (κ3) is 2.21. The number of rotatable bonds is 2. The summed E-state index contributed by atoms with van der Waals surface area (Å²) in [5, 5.41) is 0. The van der Waals surface area contributed by atoms with E-state index in [0.717, 1.165) is 11.3 Å². The Hall–Kier alpha value is -1.89. The molecule has 0 saturated carbocycles. The summed E-state index contributed by atoms with van der Waals surface area (Å²) in [5.41, 5.74) is 8.14. The SMILES string of the molecule is Nc1ccncc1-c1cncn1C1CCS(=O)(=O)C1. The lowest BCUT2D eigenvalue weighted by Crippen LogP contribution is -2.11. The molecule has 3 heterocycles. The van der Waals surface area contributed by atoms with Crippen LogP contribution in [0, 0.1) is 0 Å². The van der Waals surface area contributed by atoms with Crippen LogP contribution >= 0.6 is 0 Å². The van der Waals surface area contributed by atoms with E-state index in [1.165, 1.54) is 0 Å². The number of sulfone groups is 1. The number of hydrogen-bond donors (Lipinski definition) is 1. The third-order valence-corrected chi connectivity index (χ3v) is 5.15. The molecule has 0 aliphatic carbocycles. The first-order chi connectivity index (χ1) is 9.07. The molecule has 2 N–H and O–H groups in total. The van der Waals surface area contributed by atoms with Crippen LogP contribution in [0.15, 0.2) is 31.0 Å². The summed E-state index contributed by atoms with van der Waals surface area (Å²) in [5.74, 6) is 0.397. The Kier molecular flexibility index (Phi) is 2.78. The molecule has 1 aliphatic rings. The van der Waals surface area contributed by atoms with E-state index in [1.807, 2.05) is 4.57 Å². The van der Waals surface area contributed by atoms with Gasteiger partial charge in [0.25, 0.3) is 0 Å². The molecule has 0 spiro atoms. The molecule has 7 heteroatoms. The highest BCUT2D eigenvalue weighted by Gasteiger charge is 2.30. The molecule has 2 aromatic rings. The summed E-state index contributed by atoms with van der Waals surface area (Å²) in [6.45, 7) is 0. The minimum absolute atomic E-state index is 0.0675. The van der Waals surface area contributed by atoms with E-state index in [9.17, 15) is 8.42 Å². The second kappa shape index (κ2) is 4.34. The Morgan fingerprint density at radius 3 is 2.84 bits per heavy atom. The number of aromatic nitrogens is 3. The second-order valence-electron chi connectivity index (χ2n) is 4.71. The molecule has 2 aromatic heterocycles. The second-order valence-corrected chi connectivity index (χ2v) is 6.93. The maximum atomic E-state index is 11.6. The van der Waals surface area contributed by atoms with Crippen molar-refractivity contribution in [3.05, 3.63) is 31.0 Å². The summed E-state index contributed by atoms with van der Waals surface area (Å²) >= 11 is 0. The van der Waals surface area contributed by atoms with E-state index in [4.69, 9.17) is 5.73 Å². The van der Waals surface area contributed by atoms with Gasteiger partial charge in [-0.05, 0) is 12.5 Å². The summed E-state index contributed by atoms with van der Waals surface area (Å²) in [4.78, 5) is 8.18. The predicted molar refractivity (Wildman–Crippen MR) is 72.2 cm³/mol. The fraction of sp³-hybridized carbons (Fsp3) is 0.333. The first kappa shape index (κ1) is 12.2. The van der Waals surface area contributed by atoms with Gasteiger partial charge in [0.2, 0.25) is 0 Å². The van der Waals surface area contributed by atoms with Crippen LogP contribution in [0.2, 0.25) is 0 Å². The Labute approximate surface area is 111 Å². The summed E-state index contributed by atoms with van der Waals surface area (Å²) in [6, 6.07) is 1.65. The van der Waals surface area contributed by atoms with Crippen LogP contribution in [0.4, 0.5) is 5.69 Å². The van der Waals surface area contributed by atoms with Gasteiger partial charge in [-0.1, -0.05) is 0 Å². The maximum absolute atomic E-state index is 11.6. The number of hydrogen-bond acceptors (Lipinski definition) is 5. The van der Waals surface area contributed by atoms with Gasteiger partial charge >= 0.3 is 0 Å². The molecule has 1 aliphatic heterocycles. The van der Waals surface area contributed by atoms with Crippen molar-refractivity contribution in [1.82, 2.24) is 14.5 Å². The lowest BCUT2D eigenvalue weighted by Gasteiger charge is -2.14. The summed E-state index contributed by atoms with van der Waals surface area (Å²) in [7, 11) is -2.93. The fourth-order valence-electron chi connectivity index (χ4n) is 2.42. The van der Waals surface area contributed by atoms with Crippen molar-refractivity contribution in [3.8, 4) is 11.3 Å². The van der Waals surface area contributed by atoms with E-state index in [2.05, 4.69) is 9.97 Å². The van der Waals surface area contributed by atoms with Crippen LogP contribution in [-0.4, -0.2) is 34.5 Å². The molecule has 0 bridgehead atoms. The molecule has 0 aromatic carbocycles. The van der Waals surface area contributed by atoms with Crippen molar-refractivity contribution >= 4 is 15.5 Å². The van der Waals surface area contributed by atoms with Gasteiger partial charge in [0.1, 0.15) is 0 Å². The lowest BCUT2D eigenvalue weighted by molar-refractivity contribution is 0.559. The first-order valence-corrected chi connectivity index (χ1v) is 7.81. The highest BCUT2D eigenvalue weighted by Crippen LogP contribution is 2.31. The van der Waals surface area contributed by atoms with Crippen molar-refractivity contribution in [1.29, 1.82) is 0 Å². The molecule has 1 saturated heterocycles. The third-order valence-electron chi connectivity index (χ3n) is 3.40. The number of pyridine rings is 1. The summed E-state index contributed by atoms with van der Waals surface area (Å²) < 4.78 is 25.0. The normalized spacial score (nSPS) is 21.6. The Morgan fingerprint density at radius 1 is 1.32 bits per heavy atom.